The van der Waals surface area contributed by atoms with Crippen molar-refractivity contribution in [2.45, 2.75) is 4.90 Å². The molecule has 26 heavy (non-hydrogen) atoms. The first-order chi connectivity index (χ1) is 12.5. The van der Waals surface area contributed by atoms with Crippen LogP contribution in [0.15, 0.2) is 75.3 Å². The van der Waals surface area contributed by atoms with E-state index in [2.05, 4.69) is 10.5 Å². The van der Waals surface area contributed by atoms with Crippen LogP contribution in [-0.4, -0.2) is 38.4 Å². The van der Waals surface area contributed by atoms with Gasteiger partial charge in [-0.15, -0.1) is 0 Å². The van der Waals surface area contributed by atoms with E-state index < -0.39 is 15.9 Å². The zero-order chi connectivity index (χ0) is 18.6. The molecule has 0 bridgehead atoms. The van der Waals surface area contributed by atoms with Crippen LogP contribution in [-0.2, 0) is 14.8 Å². The molecule has 2 aromatic carbocycles. The summed E-state index contributed by atoms with van der Waals surface area (Å²) in [6.45, 7) is -0.356. The van der Waals surface area contributed by atoms with Gasteiger partial charge in [-0.2, -0.15) is 9.41 Å². The highest BCUT2D eigenvalue weighted by molar-refractivity contribution is 7.89. The maximum atomic E-state index is 12.7. The molecule has 0 saturated carbocycles. The van der Waals surface area contributed by atoms with E-state index >= 15 is 0 Å². The quantitative estimate of drug-likeness (QED) is 0.531. The fourth-order valence-corrected chi connectivity index (χ4v) is 3.53. The van der Waals surface area contributed by atoms with Crippen molar-refractivity contribution in [1.29, 1.82) is 0 Å². The first-order valence-corrected chi connectivity index (χ1v) is 9.21. The van der Waals surface area contributed by atoms with Crippen LogP contribution in [0.4, 0.5) is 0 Å². The third kappa shape index (κ3) is 3.98. The standard InChI is InChI=1S/C18H17N3O4S/c1-21(13-18(22)20-19-12-16-7-4-10-25-16)26(23,24)17-9-8-14-5-2-3-6-15(14)11-17/h2-12H,13H2,1H3,(H,20,22)/b19-12-. The summed E-state index contributed by atoms with van der Waals surface area (Å²) in [5, 5.41) is 5.48. The van der Waals surface area contributed by atoms with E-state index in [0.717, 1.165) is 15.1 Å². The molecule has 0 unspecified atom stereocenters. The number of nitrogens with one attached hydrogen (secondary N) is 1. The molecule has 0 aliphatic rings. The van der Waals surface area contributed by atoms with E-state index in [-0.39, 0.29) is 11.4 Å². The fraction of sp³-hybridized carbons (Fsp3) is 0.111. The lowest BCUT2D eigenvalue weighted by atomic mass is 10.1. The number of furan rings is 1. The number of amides is 1. The lowest BCUT2D eigenvalue weighted by Crippen LogP contribution is -2.36. The van der Waals surface area contributed by atoms with Crippen LogP contribution in [0.5, 0.6) is 0 Å². The Hall–Kier alpha value is -2.97. The summed E-state index contributed by atoms with van der Waals surface area (Å²) in [5.74, 6) is -0.0814. The molecule has 0 aliphatic carbocycles. The van der Waals surface area contributed by atoms with Gasteiger partial charge in [-0.3, -0.25) is 4.79 Å². The monoisotopic (exact) mass is 371 g/mol. The predicted octanol–water partition coefficient (Wildman–Crippen LogP) is 2.20. The Labute approximate surface area is 151 Å². The molecule has 134 valence electrons. The second-order valence-electron chi connectivity index (χ2n) is 5.58. The Kier molecular flexibility index (Phi) is 5.15. The fourth-order valence-electron chi connectivity index (χ4n) is 2.36. The van der Waals surface area contributed by atoms with Crippen molar-refractivity contribution in [3.8, 4) is 0 Å². The highest BCUT2D eigenvalue weighted by Gasteiger charge is 2.23. The topological polar surface area (TPSA) is 92.0 Å². The van der Waals surface area contributed by atoms with E-state index in [4.69, 9.17) is 4.42 Å². The van der Waals surface area contributed by atoms with Gasteiger partial charge >= 0.3 is 0 Å². The summed E-state index contributed by atoms with van der Waals surface area (Å²) in [5.41, 5.74) is 2.27. The number of nitrogens with zero attached hydrogens (tertiary/aromatic N) is 2. The SMILES string of the molecule is CN(CC(=O)N/N=C\c1ccco1)S(=O)(=O)c1ccc2ccccc2c1. The maximum absolute atomic E-state index is 12.7. The van der Waals surface area contributed by atoms with Crippen LogP contribution in [0.25, 0.3) is 10.8 Å². The minimum Gasteiger partial charge on any atom is -0.463 e. The molecule has 3 aromatic rings. The van der Waals surface area contributed by atoms with Gasteiger partial charge in [-0.25, -0.2) is 13.8 Å². The Morgan fingerprint density at radius 3 is 2.65 bits per heavy atom. The Bertz CT molecular complexity index is 1040. The van der Waals surface area contributed by atoms with Gasteiger partial charge in [0.15, 0.2) is 0 Å². The molecule has 8 heteroatoms. The van der Waals surface area contributed by atoms with Crippen molar-refractivity contribution in [2.24, 2.45) is 5.10 Å². The predicted molar refractivity (Wildman–Crippen MR) is 98.2 cm³/mol. The average Bonchev–Trinajstić information content (AvgIpc) is 3.14. The van der Waals surface area contributed by atoms with Crippen LogP contribution < -0.4 is 5.43 Å². The number of hydrogen-bond acceptors (Lipinski definition) is 5. The summed E-state index contributed by atoms with van der Waals surface area (Å²) in [4.78, 5) is 12.0. The normalized spacial score (nSPS) is 12.1. The first kappa shape index (κ1) is 17.8. The highest BCUT2D eigenvalue weighted by Crippen LogP contribution is 2.21. The molecular formula is C18H17N3O4S. The molecule has 0 spiro atoms. The van der Waals surface area contributed by atoms with E-state index in [1.165, 1.54) is 25.6 Å². The van der Waals surface area contributed by atoms with Gasteiger partial charge in [-0.05, 0) is 35.0 Å². The van der Waals surface area contributed by atoms with Crippen molar-refractivity contribution in [3.63, 3.8) is 0 Å². The summed E-state index contributed by atoms with van der Waals surface area (Å²) >= 11 is 0. The van der Waals surface area contributed by atoms with E-state index in [1.54, 1.807) is 24.3 Å². The summed E-state index contributed by atoms with van der Waals surface area (Å²) < 4.78 is 31.3. The molecule has 0 aliphatic heterocycles. The van der Waals surface area contributed by atoms with Gasteiger partial charge < -0.3 is 4.42 Å². The van der Waals surface area contributed by atoms with Crippen LogP contribution in [0.3, 0.4) is 0 Å². The van der Waals surface area contributed by atoms with Crippen molar-refractivity contribution < 1.29 is 17.6 Å². The zero-order valence-corrected chi connectivity index (χ0v) is 14.8. The smallest absolute Gasteiger partial charge is 0.255 e. The summed E-state index contributed by atoms with van der Waals surface area (Å²) in [6, 6.07) is 15.7. The maximum Gasteiger partial charge on any atom is 0.255 e. The van der Waals surface area contributed by atoms with Gasteiger partial charge in [0.05, 0.1) is 23.9 Å². The minimum atomic E-state index is -3.79. The van der Waals surface area contributed by atoms with E-state index in [0.29, 0.717) is 5.76 Å². The number of carbonyl (C=O) groups is 1. The van der Waals surface area contributed by atoms with Crippen molar-refractivity contribution in [1.82, 2.24) is 9.73 Å². The molecule has 1 N–H and O–H groups in total. The summed E-state index contributed by atoms with van der Waals surface area (Å²) in [6.07, 6.45) is 2.81. The summed E-state index contributed by atoms with van der Waals surface area (Å²) in [7, 11) is -2.44. The van der Waals surface area contributed by atoms with Gasteiger partial charge in [0.25, 0.3) is 5.91 Å². The zero-order valence-electron chi connectivity index (χ0n) is 14.0. The van der Waals surface area contributed by atoms with Crippen molar-refractivity contribution in [2.75, 3.05) is 13.6 Å². The molecule has 0 fully saturated rings. The number of benzene rings is 2. The molecule has 1 amide bonds. The minimum absolute atomic E-state index is 0.130. The van der Waals surface area contributed by atoms with Gasteiger partial charge in [0.1, 0.15) is 5.76 Å². The lowest BCUT2D eigenvalue weighted by molar-refractivity contribution is -0.121. The highest BCUT2D eigenvalue weighted by atomic mass is 32.2. The molecular weight excluding hydrogens is 354 g/mol. The van der Waals surface area contributed by atoms with Crippen LogP contribution in [0, 0.1) is 0 Å². The number of hydrazone groups is 1. The molecule has 3 rings (SSSR count). The van der Waals surface area contributed by atoms with Crippen LogP contribution in [0.2, 0.25) is 0 Å². The van der Waals surface area contributed by atoms with E-state index in [1.807, 2.05) is 24.3 Å². The van der Waals surface area contributed by atoms with Gasteiger partial charge in [-0.1, -0.05) is 30.3 Å². The lowest BCUT2D eigenvalue weighted by Gasteiger charge is -2.16. The second kappa shape index (κ2) is 7.51. The largest absolute Gasteiger partial charge is 0.463 e. The van der Waals surface area contributed by atoms with E-state index in [9.17, 15) is 13.2 Å². The number of carbonyl (C=O) groups excluding carboxylic acids is 1. The number of likely N-dealkylation sites (N-methyl/N-ethyl adjacent to an activating group) is 1. The van der Waals surface area contributed by atoms with Crippen LogP contribution in [0.1, 0.15) is 5.76 Å². The van der Waals surface area contributed by atoms with Crippen molar-refractivity contribution in [3.05, 3.63) is 66.6 Å². The number of hydrogen-bond donors (Lipinski definition) is 1. The molecule has 0 radical (unpaired) electrons. The number of rotatable bonds is 6. The molecule has 1 heterocycles. The first-order valence-electron chi connectivity index (χ1n) is 7.77. The third-order valence-electron chi connectivity index (χ3n) is 3.72. The van der Waals surface area contributed by atoms with Crippen LogP contribution >= 0.6 is 0 Å². The molecule has 0 saturated heterocycles. The Morgan fingerprint density at radius 2 is 1.92 bits per heavy atom. The second-order valence-corrected chi connectivity index (χ2v) is 7.62. The molecule has 1 aromatic heterocycles. The third-order valence-corrected chi connectivity index (χ3v) is 5.52. The molecule has 7 nitrogen and oxygen atoms in total. The molecule has 0 atom stereocenters. The van der Waals surface area contributed by atoms with Gasteiger partial charge in [0, 0.05) is 7.05 Å². The Morgan fingerprint density at radius 1 is 1.15 bits per heavy atom. The van der Waals surface area contributed by atoms with Gasteiger partial charge in [0.2, 0.25) is 10.0 Å². The Balaban J connectivity index is 1.68. The average molecular weight is 371 g/mol. The number of sulfonamides is 1. The van der Waals surface area contributed by atoms with Crippen molar-refractivity contribution >= 4 is 32.9 Å². The number of fused-ring (bicyclic) bond motifs is 1.